The molecule has 0 aliphatic rings. The first-order valence-corrected chi connectivity index (χ1v) is 6.60. The van der Waals surface area contributed by atoms with Crippen molar-refractivity contribution in [2.75, 3.05) is 5.32 Å². The molecule has 0 saturated heterocycles. The van der Waals surface area contributed by atoms with Crippen molar-refractivity contribution < 1.29 is 27.1 Å². The van der Waals surface area contributed by atoms with Crippen LogP contribution in [0.2, 0.25) is 0 Å². The fraction of sp³-hybridized carbons (Fsp3) is 0.188. The first-order valence-electron chi connectivity index (χ1n) is 6.60. The molecule has 0 bridgehead atoms. The minimum atomic E-state index is -4.70. The zero-order valence-electron chi connectivity index (χ0n) is 12.7. The Morgan fingerprint density at radius 3 is 1.65 bits per heavy atom. The molecule has 0 atom stereocenters. The van der Waals surface area contributed by atoms with Gasteiger partial charge in [-0.3, -0.25) is 0 Å². The van der Waals surface area contributed by atoms with Crippen molar-refractivity contribution in [3.8, 4) is 5.75 Å². The zero-order chi connectivity index (χ0) is 17.9. The predicted octanol–water partition coefficient (Wildman–Crippen LogP) is 5.31. The molecule has 126 valence electrons. The Labute approximate surface area is 131 Å². The number of carbonyl (C=O) groups excluding carboxylic acids is 1. The van der Waals surface area contributed by atoms with Gasteiger partial charge in [0.2, 0.25) is 0 Å². The molecule has 7 heteroatoms. The molecule has 0 spiro atoms. The number of alkyl halides is 3. The number of hydrogen-bond acceptors (Lipinski definition) is 3. The van der Waals surface area contributed by atoms with Gasteiger partial charge >= 0.3 is 6.36 Å². The first-order chi connectivity index (χ1) is 10.9. The van der Waals surface area contributed by atoms with Gasteiger partial charge in [0, 0.05) is 11.4 Å². The SMILES string of the molecule is C=O.CC.Fc1ccc(Nc2ccc(OC(F)(F)F)cc2)cc1. The second-order valence-corrected chi connectivity index (χ2v) is 3.70. The Balaban J connectivity index is 0.00000112. The predicted molar refractivity (Wildman–Crippen MR) is 81.3 cm³/mol. The Morgan fingerprint density at radius 1 is 0.870 bits per heavy atom. The van der Waals surface area contributed by atoms with E-state index in [2.05, 4.69) is 10.1 Å². The van der Waals surface area contributed by atoms with Crippen LogP contribution in [-0.2, 0) is 4.79 Å². The molecule has 3 nitrogen and oxygen atoms in total. The lowest BCUT2D eigenvalue weighted by Gasteiger charge is -2.10. The maximum Gasteiger partial charge on any atom is 0.573 e. The van der Waals surface area contributed by atoms with E-state index in [4.69, 9.17) is 4.79 Å². The minimum absolute atomic E-state index is 0.294. The number of anilines is 2. The highest BCUT2D eigenvalue weighted by atomic mass is 19.4. The summed E-state index contributed by atoms with van der Waals surface area (Å²) < 4.78 is 52.3. The average Bonchev–Trinajstić information content (AvgIpc) is 2.54. The molecule has 1 N–H and O–H groups in total. The molecule has 0 heterocycles. The standard InChI is InChI=1S/C13H9F4NO.C2H6.CH2O/c14-9-1-3-10(4-2-9)18-11-5-7-12(8-6-11)19-13(15,16)17;2*1-2/h1-8,18H;1-2H3;1H2. The fourth-order valence-corrected chi connectivity index (χ4v) is 1.44. The summed E-state index contributed by atoms with van der Waals surface area (Å²) in [6.07, 6.45) is -4.70. The minimum Gasteiger partial charge on any atom is -0.406 e. The van der Waals surface area contributed by atoms with Crippen LogP contribution in [-0.4, -0.2) is 13.2 Å². The highest BCUT2D eigenvalue weighted by Crippen LogP contribution is 2.25. The first kappa shape index (κ1) is 20.4. The van der Waals surface area contributed by atoms with Crippen molar-refractivity contribution in [3.05, 3.63) is 54.3 Å². The van der Waals surface area contributed by atoms with E-state index in [-0.39, 0.29) is 11.6 Å². The third-order valence-corrected chi connectivity index (χ3v) is 2.22. The lowest BCUT2D eigenvalue weighted by atomic mass is 10.2. The molecular formula is C16H17F4NO2. The smallest absolute Gasteiger partial charge is 0.406 e. The second-order valence-electron chi connectivity index (χ2n) is 3.70. The van der Waals surface area contributed by atoms with E-state index in [0.717, 1.165) is 0 Å². The molecule has 0 aromatic heterocycles. The van der Waals surface area contributed by atoms with Gasteiger partial charge in [0.15, 0.2) is 0 Å². The number of ether oxygens (including phenoxy) is 1. The lowest BCUT2D eigenvalue weighted by molar-refractivity contribution is -0.274. The average molecular weight is 331 g/mol. The van der Waals surface area contributed by atoms with Gasteiger partial charge in [-0.25, -0.2) is 4.39 Å². The van der Waals surface area contributed by atoms with E-state index in [1.165, 1.54) is 48.5 Å². The quantitative estimate of drug-likeness (QED) is 0.775. The van der Waals surface area contributed by atoms with Crippen LogP contribution >= 0.6 is 0 Å². The van der Waals surface area contributed by atoms with E-state index in [1.807, 2.05) is 20.6 Å². The summed E-state index contributed by atoms with van der Waals surface area (Å²) in [5.41, 5.74) is 1.20. The molecule has 0 radical (unpaired) electrons. The lowest BCUT2D eigenvalue weighted by Crippen LogP contribution is -2.16. The van der Waals surface area contributed by atoms with Crippen molar-refractivity contribution in [2.24, 2.45) is 0 Å². The molecule has 23 heavy (non-hydrogen) atoms. The van der Waals surface area contributed by atoms with E-state index < -0.39 is 6.36 Å². The van der Waals surface area contributed by atoms with E-state index in [9.17, 15) is 17.6 Å². The van der Waals surface area contributed by atoms with Gasteiger partial charge in [0.05, 0.1) is 0 Å². The summed E-state index contributed by atoms with van der Waals surface area (Å²) in [4.78, 5) is 8.00. The van der Waals surface area contributed by atoms with Crippen LogP contribution in [0.3, 0.4) is 0 Å². The van der Waals surface area contributed by atoms with Crippen LogP contribution in [0.5, 0.6) is 5.75 Å². The fourth-order valence-electron chi connectivity index (χ4n) is 1.44. The van der Waals surface area contributed by atoms with Gasteiger partial charge in [0.25, 0.3) is 0 Å². The normalized spacial score (nSPS) is 9.65. The van der Waals surface area contributed by atoms with Crippen LogP contribution in [0, 0.1) is 5.82 Å². The Morgan fingerprint density at radius 2 is 1.26 bits per heavy atom. The maximum absolute atomic E-state index is 12.7. The molecule has 0 saturated carbocycles. The van der Waals surface area contributed by atoms with Gasteiger partial charge < -0.3 is 14.8 Å². The number of benzene rings is 2. The summed E-state index contributed by atoms with van der Waals surface area (Å²) in [5.74, 6) is -0.656. The van der Waals surface area contributed by atoms with Gasteiger partial charge in [-0.1, -0.05) is 13.8 Å². The van der Waals surface area contributed by atoms with E-state index in [0.29, 0.717) is 11.4 Å². The third kappa shape index (κ3) is 8.45. The summed E-state index contributed by atoms with van der Waals surface area (Å²) in [6, 6.07) is 10.9. The number of rotatable bonds is 3. The van der Waals surface area contributed by atoms with Crippen LogP contribution in [0.15, 0.2) is 48.5 Å². The molecule has 2 aromatic carbocycles. The molecule has 0 aliphatic carbocycles. The topological polar surface area (TPSA) is 38.3 Å². The maximum atomic E-state index is 12.7. The van der Waals surface area contributed by atoms with Crippen molar-refractivity contribution in [2.45, 2.75) is 20.2 Å². The van der Waals surface area contributed by atoms with Gasteiger partial charge in [-0.05, 0) is 48.5 Å². The highest BCUT2D eigenvalue weighted by molar-refractivity contribution is 5.60. The Kier molecular flexibility index (Phi) is 9.07. The van der Waals surface area contributed by atoms with E-state index in [1.54, 1.807) is 0 Å². The monoisotopic (exact) mass is 331 g/mol. The zero-order valence-corrected chi connectivity index (χ0v) is 12.7. The third-order valence-electron chi connectivity index (χ3n) is 2.22. The second kappa shape index (κ2) is 10.2. The summed E-state index contributed by atoms with van der Waals surface area (Å²) in [5, 5.41) is 2.92. The van der Waals surface area contributed by atoms with Crippen molar-refractivity contribution in [1.29, 1.82) is 0 Å². The highest BCUT2D eigenvalue weighted by Gasteiger charge is 2.30. The number of halogens is 4. The molecule has 0 unspecified atom stereocenters. The van der Waals surface area contributed by atoms with Crippen molar-refractivity contribution in [3.63, 3.8) is 0 Å². The molecule has 0 amide bonds. The number of carbonyl (C=O) groups is 1. The van der Waals surface area contributed by atoms with Crippen LogP contribution < -0.4 is 10.1 Å². The molecule has 0 fully saturated rings. The largest absolute Gasteiger partial charge is 0.573 e. The Bertz CT molecular complexity index is 554. The molecular weight excluding hydrogens is 314 g/mol. The van der Waals surface area contributed by atoms with E-state index >= 15 is 0 Å². The number of hydrogen-bond donors (Lipinski definition) is 1. The Hall–Kier alpha value is -2.57. The molecule has 0 aliphatic heterocycles. The van der Waals surface area contributed by atoms with Gasteiger partial charge in [0.1, 0.15) is 18.4 Å². The summed E-state index contributed by atoms with van der Waals surface area (Å²) >= 11 is 0. The van der Waals surface area contributed by atoms with Crippen LogP contribution in [0.1, 0.15) is 13.8 Å². The van der Waals surface area contributed by atoms with Gasteiger partial charge in [-0.15, -0.1) is 13.2 Å². The number of nitrogens with one attached hydrogen (secondary N) is 1. The summed E-state index contributed by atoms with van der Waals surface area (Å²) in [7, 11) is 0. The molecule has 2 rings (SSSR count). The van der Waals surface area contributed by atoms with Crippen LogP contribution in [0.4, 0.5) is 28.9 Å². The summed E-state index contributed by atoms with van der Waals surface area (Å²) in [6.45, 7) is 6.00. The van der Waals surface area contributed by atoms with Crippen molar-refractivity contribution in [1.82, 2.24) is 0 Å². The van der Waals surface area contributed by atoms with Gasteiger partial charge in [-0.2, -0.15) is 0 Å². The van der Waals surface area contributed by atoms with Crippen LogP contribution in [0.25, 0.3) is 0 Å². The molecule has 2 aromatic rings. The van der Waals surface area contributed by atoms with Crippen molar-refractivity contribution >= 4 is 18.2 Å².